The monoisotopic (exact) mass is 642 g/mol. The van der Waals surface area contributed by atoms with E-state index in [1.165, 1.54) is 94.3 Å². The first-order valence-electron chi connectivity index (χ1n) is 14.0. The predicted molar refractivity (Wildman–Crippen MR) is 171 cm³/mol. The predicted octanol–water partition coefficient (Wildman–Crippen LogP) is 5.25. The molecule has 0 saturated heterocycles. The molecule has 2 amide bonds. The SMILES string of the molecule is CCOc1cc(/C=N\NC(=O)c2ccc(NC(=O)c3ccc([N+](=O)[O-])cc3)cc2)ccc1OC(=O)c1cc(OC)c(OC)c(OC)c1. The number of hydrazone groups is 1. The highest BCUT2D eigenvalue weighted by atomic mass is 16.6. The van der Waals surface area contributed by atoms with Crippen LogP contribution in [0.15, 0.2) is 84.0 Å². The Hall–Kier alpha value is -6.44. The molecule has 0 atom stereocenters. The van der Waals surface area contributed by atoms with E-state index in [4.69, 9.17) is 23.7 Å². The molecule has 242 valence electrons. The zero-order valence-corrected chi connectivity index (χ0v) is 25.8. The number of carbonyl (C=O) groups is 3. The van der Waals surface area contributed by atoms with E-state index in [1.54, 1.807) is 19.1 Å². The van der Waals surface area contributed by atoms with Crippen LogP contribution in [0, 0.1) is 10.1 Å². The molecule has 0 aromatic heterocycles. The lowest BCUT2D eigenvalue weighted by atomic mass is 10.1. The first-order valence-corrected chi connectivity index (χ1v) is 14.0. The third kappa shape index (κ3) is 8.39. The van der Waals surface area contributed by atoms with Crippen molar-refractivity contribution < 1.29 is 43.0 Å². The molecular formula is C33H30N4O10. The van der Waals surface area contributed by atoms with E-state index in [0.717, 1.165) is 0 Å². The Balaban J connectivity index is 1.38. The van der Waals surface area contributed by atoms with Gasteiger partial charge < -0.3 is 29.0 Å². The summed E-state index contributed by atoms with van der Waals surface area (Å²) >= 11 is 0. The van der Waals surface area contributed by atoms with Crippen LogP contribution in [0.2, 0.25) is 0 Å². The van der Waals surface area contributed by atoms with Crippen LogP contribution < -0.4 is 34.4 Å². The lowest BCUT2D eigenvalue weighted by Gasteiger charge is -2.15. The van der Waals surface area contributed by atoms with Crippen molar-refractivity contribution in [3.8, 4) is 28.7 Å². The van der Waals surface area contributed by atoms with Crippen molar-refractivity contribution in [1.29, 1.82) is 0 Å². The largest absolute Gasteiger partial charge is 0.493 e. The molecule has 0 fully saturated rings. The van der Waals surface area contributed by atoms with Crippen molar-refractivity contribution in [1.82, 2.24) is 5.43 Å². The van der Waals surface area contributed by atoms with E-state index in [0.29, 0.717) is 28.5 Å². The smallest absolute Gasteiger partial charge is 0.343 e. The Morgan fingerprint density at radius 3 is 1.96 bits per heavy atom. The summed E-state index contributed by atoms with van der Waals surface area (Å²) in [5, 5.41) is 17.5. The Labute approximate surface area is 269 Å². The van der Waals surface area contributed by atoms with Crippen LogP contribution in [0.25, 0.3) is 0 Å². The van der Waals surface area contributed by atoms with Gasteiger partial charge in [0.25, 0.3) is 17.5 Å². The van der Waals surface area contributed by atoms with Crippen LogP contribution in [0.1, 0.15) is 43.6 Å². The van der Waals surface area contributed by atoms with Crippen molar-refractivity contribution >= 4 is 35.4 Å². The molecule has 0 unspecified atom stereocenters. The van der Waals surface area contributed by atoms with Crippen molar-refractivity contribution in [3.63, 3.8) is 0 Å². The van der Waals surface area contributed by atoms with Gasteiger partial charge in [0.1, 0.15) is 0 Å². The maximum absolute atomic E-state index is 13.0. The fourth-order valence-electron chi connectivity index (χ4n) is 4.19. The molecular weight excluding hydrogens is 612 g/mol. The Bertz CT molecular complexity index is 1780. The van der Waals surface area contributed by atoms with Gasteiger partial charge in [-0.2, -0.15) is 5.10 Å². The molecule has 0 heterocycles. The number of esters is 1. The van der Waals surface area contributed by atoms with Crippen molar-refractivity contribution in [2.24, 2.45) is 5.10 Å². The van der Waals surface area contributed by atoms with Gasteiger partial charge in [0.05, 0.1) is 44.6 Å². The van der Waals surface area contributed by atoms with Gasteiger partial charge >= 0.3 is 5.97 Å². The third-order valence-corrected chi connectivity index (χ3v) is 6.50. The lowest BCUT2D eigenvalue weighted by molar-refractivity contribution is -0.384. The molecule has 0 aliphatic heterocycles. The van der Waals surface area contributed by atoms with Gasteiger partial charge in [-0.05, 0) is 79.2 Å². The van der Waals surface area contributed by atoms with Crippen LogP contribution in [0.3, 0.4) is 0 Å². The van der Waals surface area contributed by atoms with Crippen molar-refractivity contribution in [2.75, 3.05) is 33.3 Å². The minimum absolute atomic E-state index is 0.124. The fourth-order valence-corrected chi connectivity index (χ4v) is 4.19. The number of nitrogens with one attached hydrogen (secondary N) is 2. The summed E-state index contributed by atoms with van der Waals surface area (Å²) in [4.78, 5) is 48.3. The summed E-state index contributed by atoms with van der Waals surface area (Å²) in [6.45, 7) is 2.06. The summed E-state index contributed by atoms with van der Waals surface area (Å²) in [6, 6.07) is 19.0. The number of amides is 2. The van der Waals surface area contributed by atoms with E-state index in [2.05, 4.69) is 15.8 Å². The summed E-state index contributed by atoms with van der Waals surface area (Å²) in [7, 11) is 4.33. The van der Waals surface area contributed by atoms with Gasteiger partial charge in [-0.3, -0.25) is 19.7 Å². The minimum Gasteiger partial charge on any atom is -0.493 e. The number of hydrogen-bond acceptors (Lipinski definition) is 11. The third-order valence-electron chi connectivity index (χ3n) is 6.50. The standard InChI is InChI=1S/C33H30N4O10/c1-5-46-27-16-20(6-15-26(27)47-33(40)23-17-28(43-2)30(45-4)29(18-23)44-3)19-34-36-32(39)22-7-11-24(12-8-22)35-31(38)21-9-13-25(14-10-21)37(41)42/h6-19H,5H2,1-4H3,(H,35,38)(H,36,39)/b34-19-. The fraction of sp³-hybridized carbons (Fsp3) is 0.152. The van der Waals surface area contributed by atoms with E-state index in [9.17, 15) is 24.5 Å². The molecule has 14 nitrogen and oxygen atoms in total. The van der Waals surface area contributed by atoms with Gasteiger partial charge in [0, 0.05) is 28.9 Å². The Morgan fingerprint density at radius 2 is 1.38 bits per heavy atom. The summed E-state index contributed by atoms with van der Waals surface area (Å²) in [6.07, 6.45) is 1.39. The van der Waals surface area contributed by atoms with E-state index in [-0.39, 0.29) is 40.5 Å². The number of nitro benzene ring substituents is 1. The number of non-ortho nitro benzene ring substituents is 1. The highest BCUT2D eigenvalue weighted by Crippen LogP contribution is 2.39. The van der Waals surface area contributed by atoms with Gasteiger partial charge in [0.15, 0.2) is 23.0 Å². The van der Waals surface area contributed by atoms with Gasteiger partial charge in [0.2, 0.25) is 5.75 Å². The average Bonchev–Trinajstić information content (AvgIpc) is 3.08. The molecule has 2 N–H and O–H groups in total. The summed E-state index contributed by atoms with van der Waals surface area (Å²) in [5.74, 6) is -0.303. The second-order valence-corrected chi connectivity index (χ2v) is 9.48. The number of benzene rings is 4. The minimum atomic E-state index is -0.684. The van der Waals surface area contributed by atoms with Crippen LogP contribution in [-0.4, -0.2) is 56.9 Å². The van der Waals surface area contributed by atoms with Crippen molar-refractivity contribution in [2.45, 2.75) is 6.92 Å². The van der Waals surface area contributed by atoms with Crippen LogP contribution >= 0.6 is 0 Å². The number of methoxy groups -OCH3 is 3. The highest BCUT2D eigenvalue weighted by molar-refractivity contribution is 6.04. The number of nitrogens with zero attached hydrogens (tertiary/aromatic N) is 2. The Morgan fingerprint density at radius 1 is 0.766 bits per heavy atom. The second-order valence-electron chi connectivity index (χ2n) is 9.48. The molecule has 0 spiro atoms. The highest BCUT2D eigenvalue weighted by Gasteiger charge is 2.20. The zero-order valence-electron chi connectivity index (χ0n) is 25.8. The normalized spacial score (nSPS) is 10.6. The topological polar surface area (TPSA) is 177 Å². The zero-order chi connectivity index (χ0) is 33.9. The maximum Gasteiger partial charge on any atom is 0.343 e. The number of hydrogen-bond donors (Lipinski definition) is 2. The van der Waals surface area contributed by atoms with Crippen LogP contribution in [-0.2, 0) is 0 Å². The van der Waals surface area contributed by atoms with E-state index >= 15 is 0 Å². The number of ether oxygens (including phenoxy) is 5. The quantitative estimate of drug-likeness (QED) is 0.0643. The molecule has 0 bridgehead atoms. The average molecular weight is 643 g/mol. The first kappa shape index (κ1) is 33.5. The van der Waals surface area contributed by atoms with E-state index in [1.807, 2.05) is 0 Å². The molecule has 0 saturated carbocycles. The number of anilines is 1. The summed E-state index contributed by atoms with van der Waals surface area (Å²) in [5.41, 5.74) is 3.95. The van der Waals surface area contributed by atoms with E-state index < -0.39 is 22.7 Å². The molecule has 4 rings (SSSR count). The molecule has 4 aromatic rings. The number of carbonyl (C=O) groups excluding carboxylic acids is 3. The Kier molecular flexibility index (Phi) is 11.0. The molecule has 0 radical (unpaired) electrons. The molecule has 0 aliphatic rings. The molecule has 4 aromatic carbocycles. The van der Waals surface area contributed by atoms with Crippen molar-refractivity contribution in [3.05, 3.63) is 111 Å². The lowest BCUT2D eigenvalue weighted by Crippen LogP contribution is -2.18. The first-order chi connectivity index (χ1) is 22.7. The maximum atomic E-state index is 13.0. The van der Waals surface area contributed by atoms with Crippen LogP contribution in [0.4, 0.5) is 11.4 Å². The number of nitro groups is 1. The van der Waals surface area contributed by atoms with Gasteiger partial charge in [-0.25, -0.2) is 10.2 Å². The second kappa shape index (κ2) is 15.5. The number of rotatable bonds is 13. The molecule has 14 heteroatoms. The molecule has 0 aliphatic carbocycles. The summed E-state index contributed by atoms with van der Waals surface area (Å²) < 4.78 is 27.2. The van der Waals surface area contributed by atoms with Crippen LogP contribution in [0.5, 0.6) is 28.7 Å². The molecule has 47 heavy (non-hydrogen) atoms. The van der Waals surface area contributed by atoms with Gasteiger partial charge in [-0.15, -0.1) is 0 Å². The van der Waals surface area contributed by atoms with Gasteiger partial charge in [-0.1, -0.05) is 0 Å².